The molecule has 23 heavy (non-hydrogen) atoms. The van der Waals surface area contributed by atoms with E-state index in [0.717, 1.165) is 19.0 Å². The van der Waals surface area contributed by atoms with E-state index in [9.17, 15) is 0 Å². The number of aromatic nitrogens is 2. The SMILES string of the molecule is C=CCNC(=NCc1ccccc1Cn1cccn1)NCC.I. The number of aliphatic imine (C=N–C) groups is 1. The summed E-state index contributed by atoms with van der Waals surface area (Å²) in [6, 6.07) is 10.3. The van der Waals surface area contributed by atoms with Crippen LogP contribution in [0, 0.1) is 0 Å². The minimum Gasteiger partial charge on any atom is -0.357 e. The third-order valence-electron chi connectivity index (χ3n) is 3.18. The monoisotopic (exact) mass is 425 g/mol. The fourth-order valence-corrected chi connectivity index (χ4v) is 2.11. The van der Waals surface area contributed by atoms with E-state index >= 15 is 0 Å². The van der Waals surface area contributed by atoms with E-state index in [-0.39, 0.29) is 24.0 Å². The van der Waals surface area contributed by atoms with Crippen molar-refractivity contribution in [1.29, 1.82) is 0 Å². The number of hydrogen-bond acceptors (Lipinski definition) is 2. The maximum Gasteiger partial charge on any atom is 0.191 e. The van der Waals surface area contributed by atoms with E-state index in [0.29, 0.717) is 13.1 Å². The molecule has 0 saturated heterocycles. The van der Waals surface area contributed by atoms with Gasteiger partial charge in [0.05, 0.1) is 13.1 Å². The highest BCUT2D eigenvalue weighted by atomic mass is 127. The third-order valence-corrected chi connectivity index (χ3v) is 3.18. The summed E-state index contributed by atoms with van der Waals surface area (Å²) in [4.78, 5) is 4.63. The van der Waals surface area contributed by atoms with Crippen LogP contribution in [0.2, 0.25) is 0 Å². The fourth-order valence-electron chi connectivity index (χ4n) is 2.11. The van der Waals surface area contributed by atoms with Crippen molar-refractivity contribution in [3.05, 3.63) is 66.5 Å². The lowest BCUT2D eigenvalue weighted by Crippen LogP contribution is -2.37. The lowest BCUT2D eigenvalue weighted by Gasteiger charge is -2.11. The Morgan fingerprint density at radius 3 is 2.70 bits per heavy atom. The summed E-state index contributed by atoms with van der Waals surface area (Å²) in [5.74, 6) is 0.802. The van der Waals surface area contributed by atoms with Gasteiger partial charge in [-0.2, -0.15) is 5.10 Å². The van der Waals surface area contributed by atoms with E-state index < -0.39 is 0 Å². The van der Waals surface area contributed by atoms with Gasteiger partial charge >= 0.3 is 0 Å². The Kier molecular flexibility index (Phi) is 9.04. The van der Waals surface area contributed by atoms with Crippen LogP contribution >= 0.6 is 24.0 Å². The van der Waals surface area contributed by atoms with Crippen LogP contribution in [0.3, 0.4) is 0 Å². The zero-order valence-electron chi connectivity index (χ0n) is 13.4. The van der Waals surface area contributed by atoms with Crippen LogP contribution in [-0.2, 0) is 13.1 Å². The maximum atomic E-state index is 4.63. The van der Waals surface area contributed by atoms with Crippen molar-refractivity contribution in [2.75, 3.05) is 13.1 Å². The Hall–Kier alpha value is -1.83. The summed E-state index contributed by atoms with van der Waals surface area (Å²) < 4.78 is 1.92. The summed E-state index contributed by atoms with van der Waals surface area (Å²) in [6.07, 6.45) is 5.58. The predicted octanol–water partition coefficient (Wildman–Crippen LogP) is 2.79. The van der Waals surface area contributed by atoms with Crippen molar-refractivity contribution < 1.29 is 0 Å². The molecule has 1 heterocycles. The summed E-state index contributed by atoms with van der Waals surface area (Å²) in [6.45, 7) is 8.68. The molecule has 0 aliphatic rings. The van der Waals surface area contributed by atoms with Gasteiger partial charge < -0.3 is 10.6 Å². The van der Waals surface area contributed by atoms with E-state index in [2.05, 4.69) is 46.4 Å². The molecule has 1 aromatic carbocycles. The number of hydrogen-bond donors (Lipinski definition) is 2. The summed E-state index contributed by atoms with van der Waals surface area (Å²) in [5, 5.41) is 10.7. The number of benzene rings is 1. The molecule has 6 heteroatoms. The average molecular weight is 425 g/mol. The standard InChI is InChI=1S/C17H23N5.HI/c1-3-10-19-17(18-4-2)20-13-15-8-5-6-9-16(15)14-22-12-7-11-21-22;/h3,5-9,11-12H,1,4,10,13-14H2,2H3,(H2,18,19,20);1H. The molecule has 0 saturated carbocycles. The summed E-state index contributed by atoms with van der Waals surface area (Å²) in [7, 11) is 0. The Labute approximate surface area is 154 Å². The molecule has 0 radical (unpaired) electrons. The Morgan fingerprint density at radius 1 is 1.26 bits per heavy atom. The smallest absolute Gasteiger partial charge is 0.191 e. The molecule has 0 aliphatic carbocycles. The Balaban J connectivity index is 0.00000264. The van der Waals surface area contributed by atoms with Gasteiger partial charge in [-0.3, -0.25) is 4.68 Å². The molecule has 0 spiro atoms. The van der Waals surface area contributed by atoms with E-state index in [1.165, 1.54) is 11.1 Å². The minimum absolute atomic E-state index is 0. The largest absolute Gasteiger partial charge is 0.357 e. The highest BCUT2D eigenvalue weighted by Gasteiger charge is 2.03. The first-order chi connectivity index (χ1) is 10.8. The van der Waals surface area contributed by atoms with Crippen molar-refractivity contribution in [3.8, 4) is 0 Å². The van der Waals surface area contributed by atoms with Gasteiger partial charge in [0.1, 0.15) is 0 Å². The molecular formula is C17H24IN5. The number of rotatable bonds is 7. The van der Waals surface area contributed by atoms with Gasteiger partial charge in [0.2, 0.25) is 0 Å². The fraction of sp³-hybridized carbons (Fsp3) is 0.294. The summed E-state index contributed by atoms with van der Waals surface area (Å²) >= 11 is 0. The molecule has 0 aliphatic heterocycles. The van der Waals surface area contributed by atoms with Gasteiger partial charge in [-0.15, -0.1) is 30.6 Å². The van der Waals surface area contributed by atoms with Gasteiger partial charge in [-0.25, -0.2) is 4.99 Å². The second-order valence-corrected chi connectivity index (χ2v) is 4.84. The first-order valence-electron chi connectivity index (χ1n) is 7.50. The normalized spacial score (nSPS) is 10.7. The number of nitrogens with one attached hydrogen (secondary N) is 2. The number of guanidine groups is 1. The molecule has 5 nitrogen and oxygen atoms in total. The molecule has 2 aromatic rings. The van der Waals surface area contributed by atoms with Crippen LogP contribution in [0.4, 0.5) is 0 Å². The van der Waals surface area contributed by atoms with E-state index in [1.807, 2.05) is 35.2 Å². The number of halogens is 1. The minimum atomic E-state index is 0. The Morgan fingerprint density at radius 2 is 2.04 bits per heavy atom. The van der Waals surface area contributed by atoms with Gasteiger partial charge in [0, 0.05) is 25.5 Å². The van der Waals surface area contributed by atoms with Crippen molar-refractivity contribution >= 4 is 29.9 Å². The van der Waals surface area contributed by atoms with Crippen molar-refractivity contribution in [1.82, 2.24) is 20.4 Å². The van der Waals surface area contributed by atoms with Crippen molar-refractivity contribution in [2.45, 2.75) is 20.0 Å². The van der Waals surface area contributed by atoms with Gasteiger partial charge in [0.25, 0.3) is 0 Å². The lowest BCUT2D eigenvalue weighted by molar-refractivity contribution is 0.681. The van der Waals surface area contributed by atoms with Gasteiger partial charge in [-0.05, 0) is 24.1 Å². The number of nitrogens with zero attached hydrogens (tertiary/aromatic N) is 3. The maximum absolute atomic E-state index is 4.63. The molecule has 0 bridgehead atoms. The quantitative estimate of drug-likeness (QED) is 0.311. The molecular weight excluding hydrogens is 401 g/mol. The zero-order chi connectivity index (χ0) is 15.6. The average Bonchev–Trinajstić information content (AvgIpc) is 3.04. The highest BCUT2D eigenvalue weighted by molar-refractivity contribution is 14.0. The first kappa shape index (κ1) is 19.2. The molecule has 0 amide bonds. The van der Waals surface area contributed by atoms with E-state index in [1.54, 1.807) is 6.20 Å². The first-order valence-corrected chi connectivity index (χ1v) is 7.50. The zero-order valence-corrected chi connectivity index (χ0v) is 15.7. The van der Waals surface area contributed by atoms with Crippen LogP contribution in [0.25, 0.3) is 0 Å². The van der Waals surface area contributed by atoms with Gasteiger partial charge in [-0.1, -0.05) is 30.3 Å². The van der Waals surface area contributed by atoms with Crippen LogP contribution in [0.5, 0.6) is 0 Å². The van der Waals surface area contributed by atoms with Crippen LogP contribution in [-0.4, -0.2) is 28.8 Å². The highest BCUT2D eigenvalue weighted by Crippen LogP contribution is 2.11. The molecule has 1 aromatic heterocycles. The molecule has 124 valence electrons. The molecule has 2 N–H and O–H groups in total. The topological polar surface area (TPSA) is 54.2 Å². The van der Waals surface area contributed by atoms with Crippen molar-refractivity contribution in [2.24, 2.45) is 4.99 Å². The van der Waals surface area contributed by atoms with Crippen LogP contribution in [0.15, 0.2) is 60.4 Å². The van der Waals surface area contributed by atoms with Crippen LogP contribution < -0.4 is 10.6 Å². The second-order valence-electron chi connectivity index (χ2n) is 4.84. The van der Waals surface area contributed by atoms with Gasteiger partial charge in [0.15, 0.2) is 5.96 Å². The Bertz CT molecular complexity index is 607. The van der Waals surface area contributed by atoms with Crippen LogP contribution in [0.1, 0.15) is 18.1 Å². The second kappa shape index (κ2) is 10.8. The lowest BCUT2D eigenvalue weighted by atomic mass is 10.1. The predicted molar refractivity (Wildman–Crippen MR) is 106 cm³/mol. The molecule has 0 unspecified atom stereocenters. The van der Waals surface area contributed by atoms with Crippen molar-refractivity contribution in [3.63, 3.8) is 0 Å². The molecule has 2 rings (SSSR count). The van der Waals surface area contributed by atoms with E-state index in [4.69, 9.17) is 0 Å². The third kappa shape index (κ3) is 6.43. The molecule has 0 fully saturated rings. The summed E-state index contributed by atoms with van der Waals surface area (Å²) in [5.41, 5.74) is 2.43. The molecule has 0 atom stereocenters.